The average molecular weight is 444 g/mol. The first-order valence-corrected chi connectivity index (χ1v) is 10.0. The van der Waals surface area contributed by atoms with Crippen LogP contribution in [0.4, 0.5) is 0 Å². The summed E-state index contributed by atoms with van der Waals surface area (Å²) in [6.07, 6.45) is 8.76. The van der Waals surface area contributed by atoms with Crippen LogP contribution in [0.3, 0.4) is 0 Å². The van der Waals surface area contributed by atoms with E-state index in [9.17, 15) is 0 Å². The Hall–Kier alpha value is 1.16. The van der Waals surface area contributed by atoms with Crippen LogP contribution >= 0.6 is 46.4 Å². The van der Waals surface area contributed by atoms with Crippen molar-refractivity contribution in [2.75, 3.05) is 0 Å². The van der Waals surface area contributed by atoms with Crippen molar-refractivity contribution in [2.24, 2.45) is 0 Å². The molecule has 0 aromatic heterocycles. The molecule has 0 bridgehead atoms. The summed E-state index contributed by atoms with van der Waals surface area (Å²) in [5, 5.41) is 0.680. The maximum atomic E-state index is 6.47. The predicted octanol–water partition coefficient (Wildman–Crippen LogP) is 10.5. The largest absolute Gasteiger partial charge is 0.123 e. The lowest BCUT2D eigenvalue weighted by atomic mass is 9.93. The normalized spacial score (nSPS) is 15.2. The molecule has 0 aromatic rings. The minimum atomic E-state index is -0.0453. The fourth-order valence-electron chi connectivity index (χ4n) is 2.14. The van der Waals surface area contributed by atoms with E-state index >= 15 is 0 Å². The Morgan fingerprint density at radius 2 is 1.28 bits per heavy atom. The van der Waals surface area contributed by atoms with Gasteiger partial charge in [-0.2, -0.15) is 0 Å². The van der Waals surface area contributed by atoms with Crippen LogP contribution in [0, 0.1) is 0 Å². The van der Waals surface area contributed by atoms with Gasteiger partial charge in [0.2, 0.25) is 0 Å². The van der Waals surface area contributed by atoms with Crippen molar-refractivity contribution in [3.63, 3.8) is 0 Å². The molecule has 0 amide bonds. The number of hydrogen-bond donors (Lipinski definition) is 0. The quantitative estimate of drug-likeness (QED) is 0.232. The molecule has 162 valence electrons. The standard InChI is InChI=1S/C11H22Cl2.C6H12Cl2.4CH4/c1-4-6-7-8-11(13,5-2)9-10(3)12;1-3-6(8)4-5(2)7;;;;/h10H,4-9H2,1-3H3;5-6H,3-4H2,1-2H3;4*1H4. The van der Waals surface area contributed by atoms with E-state index in [1.54, 1.807) is 0 Å². The zero-order valence-electron chi connectivity index (χ0n) is 14.4. The Kier molecular flexibility index (Phi) is 41.0. The molecule has 0 fully saturated rings. The first-order valence-electron chi connectivity index (χ1n) is 8.31. The average Bonchev–Trinajstić information content (AvgIpc) is 2.38. The van der Waals surface area contributed by atoms with Crippen molar-refractivity contribution in [1.82, 2.24) is 0 Å². The van der Waals surface area contributed by atoms with Gasteiger partial charge in [-0.05, 0) is 46.0 Å². The highest BCUT2D eigenvalue weighted by molar-refractivity contribution is 6.25. The van der Waals surface area contributed by atoms with Gasteiger partial charge in [-0.3, -0.25) is 0 Å². The Morgan fingerprint density at radius 1 is 0.800 bits per heavy atom. The number of hydrogen-bond acceptors (Lipinski definition) is 0. The van der Waals surface area contributed by atoms with E-state index in [0.717, 1.165) is 32.1 Å². The van der Waals surface area contributed by atoms with Gasteiger partial charge in [-0.1, -0.05) is 69.7 Å². The highest BCUT2D eigenvalue weighted by Gasteiger charge is 2.25. The Labute approximate surface area is 182 Å². The minimum Gasteiger partial charge on any atom is -0.123 e. The molecule has 0 N–H and O–H groups in total. The summed E-state index contributed by atoms with van der Waals surface area (Å²) in [6.45, 7) is 10.4. The third-order valence-electron chi connectivity index (χ3n) is 3.53. The van der Waals surface area contributed by atoms with Gasteiger partial charge in [0.1, 0.15) is 0 Å². The van der Waals surface area contributed by atoms with Gasteiger partial charge in [0, 0.05) is 21.0 Å². The van der Waals surface area contributed by atoms with Crippen molar-refractivity contribution >= 4 is 46.4 Å². The summed E-state index contributed by atoms with van der Waals surface area (Å²) in [4.78, 5) is -0.0453. The van der Waals surface area contributed by atoms with Crippen LogP contribution in [0.1, 0.15) is 116 Å². The van der Waals surface area contributed by atoms with Gasteiger partial charge in [-0.15, -0.1) is 46.4 Å². The van der Waals surface area contributed by atoms with E-state index in [2.05, 4.69) is 20.8 Å². The Morgan fingerprint density at radius 3 is 1.52 bits per heavy atom. The number of alkyl halides is 4. The van der Waals surface area contributed by atoms with Gasteiger partial charge >= 0.3 is 0 Å². The van der Waals surface area contributed by atoms with Gasteiger partial charge in [0.15, 0.2) is 0 Å². The van der Waals surface area contributed by atoms with E-state index in [4.69, 9.17) is 46.4 Å². The van der Waals surface area contributed by atoms with Crippen molar-refractivity contribution < 1.29 is 0 Å². The lowest BCUT2D eigenvalue weighted by Gasteiger charge is -2.26. The fraction of sp³-hybridized carbons (Fsp3) is 1.00. The van der Waals surface area contributed by atoms with Gasteiger partial charge < -0.3 is 0 Å². The summed E-state index contributed by atoms with van der Waals surface area (Å²) < 4.78 is 0. The van der Waals surface area contributed by atoms with Gasteiger partial charge in [0.05, 0.1) is 0 Å². The maximum Gasteiger partial charge on any atom is 0.0458 e. The zero-order valence-corrected chi connectivity index (χ0v) is 17.4. The predicted molar refractivity (Wildman–Crippen MR) is 130 cm³/mol. The van der Waals surface area contributed by atoms with Crippen LogP contribution in [-0.4, -0.2) is 21.0 Å². The van der Waals surface area contributed by atoms with Crippen LogP contribution in [0.2, 0.25) is 0 Å². The molecule has 0 saturated heterocycles. The second-order valence-corrected chi connectivity index (χ2v) is 8.88. The van der Waals surface area contributed by atoms with Crippen LogP contribution < -0.4 is 0 Å². The highest BCUT2D eigenvalue weighted by atomic mass is 35.5. The molecule has 4 unspecified atom stereocenters. The molecule has 0 spiro atoms. The molecule has 0 heterocycles. The topological polar surface area (TPSA) is 0 Å². The molecular formula is C21H50Cl4. The molecule has 0 rings (SSSR count). The lowest BCUT2D eigenvalue weighted by molar-refractivity contribution is 0.450. The smallest absolute Gasteiger partial charge is 0.0458 e. The molecule has 0 aliphatic carbocycles. The monoisotopic (exact) mass is 442 g/mol. The Balaban J connectivity index is -0.0000000671. The second-order valence-electron chi connectivity index (χ2n) is 5.97. The number of unbranched alkanes of at least 4 members (excludes halogenated alkanes) is 2. The SMILES string of the molecule is C.C.C.C.CCC(Cl)CC(C)Cl.CCCCCC(Cl)(CC)CC(C)Cl. The molecular weight excluding hydrogens is 394 g/mol. The van der Waals surface area contributed by atoms with Crippen molar-refractivity contribution in [3.05, 3.63) is 0 Å². The van der Waals surface area contributed by atoms with Gasteiger partial charge in [0.25, 0.3) is 0 Å². The Bertz CT molecular complexity index is 220. The summed E-state index contributed by atoms with van der Waals surface area (Å²) in [6, 6.07) is 0. The molecule has 4 atom stereocenters. The lowest BCUT2D eigenvalue weighted by Crippen LogP contribution is -2.23. The third kappa shape index (κ3) is 30.1. The molecule has 0 aliphatic heterocycles. The summed E-state index contributed by atoms with van der Waals surface area (Å²) in [5.74, 6) is 0. The summed E-state index contributed by atoms with van der Waals surface area (Å²) in [5.41, 5.74) is 0. The highest BCUT2D eigenvalue weighted by Crippen LogP contribution is 2.33. The maximum absolute atomic E-state index is 6.47. The molecule has 0 aromatic carbocycles. The number of rotatable bonds is 10. The van der Waals surface area contributed by atoms with Crippen molar-refractivity contribution in [2.45, 2.75) is 137 Å². The fourth-order valence-corrected chi connectivity index (χ4v) is 3.45. The van der Waals surface area contributed by atoms with E-state index in [1.807, 2.05) is 13.8 Å². The van der Waals surface area contributed by atoms with Crippen molar-refractivity contribution in [1.29, 1.82) is 0 Å². The minimum absolute atomic E-state index is 0. The third-order valence-corrected chi connectivity index (χ3v) is 4.96. The van der Waals surface area contributed by atoms with E-state index in [-0.39, 0.29) is 50.7 Å². The summed E-state index contributed by atoms with van der Waals surface area (Å²) in [7, 11) is 0. The van der Waals surface area contributed by atoms with E-state index in [0.29, 0.717) is 0 Å². The molecule has 0 aliphatic rings. The second kappa shape index (κ2) is 25.2. The molecule has 4 heteroatoms. The molecule has 0 radical (unpaired) electrons. The molecule has 25 heavy (non-hydrogen) atoms. The first kappa shape index (κ1) is 40.7. The van der Waals surface area contributed by atoms with Crippen molar-refractivity contribution in [3.8, 4) is 0 Å². The van der Waals surface area contributed by atoms with Crippen LogP contribution in [0.15, 0.2) is 0 Å². The summed E-state index contributed by atoms with van der Waals surface area (Å²) >= 11 is 23.9. The van der Waals surface area contributed by atoms with Crippen LogP contribution in [0.25, 0.3) is 0 Å². The van der Waals surface area contributed by atoms with Gasteiger partial charge in [-0.25, -0.2) is 0 Å². The zero-order chi connectivity index (χ0) is 16.9. The first-order chi connectivity index (χ1) is 9.70. The van der Waals surface area contributed by atoms with Crippen LogP contribution in [0.5, 0.6) is 0 Å². The van der Waals surface area contributed by atoms with E-state index in [1.165, 1.54) is 19.3 Å². The van der Waals surface area contributed by atoms with E-state index < -0.39 is 0 Å². The molecule has 0 saturated carbocycles. The molecule has 0 nitrogen and oxygen atoms in total. The number of halogens is 4. The van der Waals surface area contributed by atoms with Crippen LogP contribution in [-0.2, 0) is 0 Å².